The molecule has 0 bridgehead atoms. The Morgan fingerprint density at radius 1 is 1.32 bits per heavy atom. The maximum atomic E-state index is 6.01. The molecule has 108 valence electrons. The molecule has 1 N–H and O–H groups in total. The Labute approximate surface area is 117 Å². The molecular weight excluding hydrogens is 238 g/mol. The lowest BCUT2D eigenvalue weighted by Crippen LogP contribution is -2.42. The number of hydrogen-bond donors (Lipinski definition) is 1. The van der Waals surface area contributed by atoms with Crippen LogP contribution in [-0.2, 0) is 4.74 Å². The van der Waals surface area contributed by atoms with Gasteiger partial charge in [-0.1, -0.05) is 24.6 Å². The van der Waals surface area contributed by atoms with E-state index < -0.39 is 0 Å². The Hall–Kier alpha value is -1.06. The van der Waals surface area contributed by atoms with Crippen molar-refractivity contribution in [3.05, 3.63) is 29.3 Å². The first kappa shape index (κ1) is 16.0. The fourth-order valence-corrected chi connectivity index (χ4v) is 2.59. The summed E-state index contributed by atoms with van der Waals surface area (Å²) in [6.45, 7) is 9.14. The van der Waals surface area contributed by atoms with E-state index in [1.165, 1.54) is 5.56 Å². The molecule has 0 aliphatic rings. The minimum Gasteiger partial charge on any atom is -0.496 e. The van der Waals surface area contributed by atoms with Crippen LogP contribution in [0.4, 0.5) is 0 Å². The van der Waals surface area contributed by atoms with Crippen LogP contribution in [0.15, 0.2) is 18.2 Å². The van der Waals surface area contributed by atoms with Crippen LogP contribution in [0.3, 0.4) is 0 Å². The molecule has 3 heteroatoms. The van der Waals surface area contributed by atoms with Crippen LogP contribution in [0.25, 0.3) is 0 Å². The molecule has 0 heterocycles. The topological polar surface area (TPSA) is 30.5 Å². The monoisotopic (exact) mass is 265 g/mol. The van der Waals surface area contributed by atoms with Gasteiger partial charge in [-0.15, -0.1) is 0 Å². The Morgan fingerprint density at radius 2 is 2.00 bits per heavy atom. The number of likely N-dealkylation sites (N-methyl/N-ethyl adjacent to an activating group) is 1. The number of nitrogens with one attached hydrogen (secondary N) is 1. The SMILES string of the molecule is CCOC(C)(CC)C(NC)c1cc(C)ccc1OC. The maximum absolute atomic E-state index is 6.01. The number of hydrogen-bond acceptors (Lipinski definition) is 3. The molecular formula is C16H27NO2. The van der Waals surface area contributed by atoms with Crippen molar-refractivity contribution in [3.8, 4) is 5.75 Å². The Morgan fingerprint density at radius 3 is 2.47 bits per heavy atom. The van der Waals surface area contributed by atoms with Gasteiger partial charge in [-0.2, -0.15) is 0 Å². The van der Waals surface area contributed by atoms with Crippen LogP contribution >= 0.6 is 0 Å². The zero-order valence-electron chi connectivity index (χ0n) is 13.0. The molecule has 0 fully saturated rings. The summed E-state index contributed by atoms with van der Waals surface area (Å²) in [5.74, 6) is 0.907. The van der Waals surface area contributed by atoms with Gasteiger partial charge in [0.2, 0.25) is 0 Å². The average Bonchev–Trinajstić information content (AvgIpc) is 2.40. The third kappa shape index (κ3) is 3.48. The Bertz CT molecular complexity index is 406. The standard InChI is InChI=1S/C16H27NO2/c1-7-16(4,19-8-2)15(17-5)13-11-12(3)9-10-14(13)18-6/h9-11,15,17H,7-8H2,1-6H3. The van der Waals surface area contributed by atoms with E-state index in [-0.39, 0.29) is 11.6 Å². The molecule has 0 radical (unpaired) electrons. The van der Waals surface area contributed by atoms with E-state index in [0.717, 1.165) is 17.7 Å². The lowest BCUT2D eigenvalue weighted by molar-refractivity contribution is -0.0551. The zero-order valence-corrected chi connectivity index (χ0v) is 13.0. The van der Waals surface area contributed by atoms with Crippen LogP contribution in [0.2, 0.25) is 0 Å². The van der Waals surface area contributed by atoms with Gasteiger partial charge in [-0.25, -0.2) is 0 Å². The van der Waals surface area contributed by atoms with Crippen molar-refractivity contribution < 1.29 is 9.47 Å². The summed E-state index contributed by atoms with van der Waals surface area (Å²) < 4.78 is 11.5. The number of ether oxygens (including phenoxy) is 2. The van der Waals surface area contributed by atoms with Crippen LogP contribution in [0.5, 0.6) is 5.75 Å². The number of benzene rings is 1. The first-order chi connectivity index (χ1) is 9.02. The van der Waals surface area contributed by atoms with Gasteiger partial charge in [0, 0.05) is 12.2 Å². The first-order valence-corrected chi connectivity index (χ1v) is 6.98. The maximum Gasteiger partial charge on any atom is 0.123 e. The first-order valence-electron chi connectivity index (χ1n) is 6.98. The van der Waals surface area contributed by atoms with Gasteiger partial charge < -0.3 is 14.8 Å². The average molecular weight is 265 g/mol. The Kier molecular flexibility index (Phi) is 5.83. The Balaban J connectivity index is 3.25. The fraction of sp³-hybridized carbons (Fsp3) is 0.625. The van der Waals surface area contributed by atoms with Gasteiger partial charge in [0.05, 0.1) is 18.8 Å². The molecule has 0 saturated carbocycles. The lowest BCUT2D eigenvalue weighted by Gasteiger charge is -2.37. The second-order valence-electron chi connectivity index (χ2n) is 5.07. The third-order valence-corrected chi connectivity index (χ3v) is 3.77. The lowest BCUT2D eigenvalue weighted by atomic mass is 9.86. The summed E-state index contributed by atoms with van der Waals surface area (Å²) in [5, 5.41) is 3.39. The van der Waals surface area contributed by atoms with Crippen molar-refractivity contribution in [2.75, 3.05) is 20.8 Å². The second-order valence-corrected chi connectivity index (χ2v) is 5.07. The minimum atomic E-state index is -0.245. The van der Waals surface area contributed by atoms with Gasteiger partial charge >= 0.3 is 0 Å². The van der Waals surface area contributed by atoms with Crippen molar-refractivity contribution >= 4 is 0 Å². The van der Waals surface area contributed by atoms with E-state index in [2.05, 4.69) is 38.2 Å². The summed E-state index contributed by atoms with van der Waals surface area (Å²) in [5.41, 5.74) is 2.14. The van der Waals surface area contributed by atoms with Crippen molar-refractivity contribution in [2.45, 2.75) is 45.8 Å². The molecule has 3 nitrogen and oxygen atoms in total. The highest BCUT2D eigenvalue weighted by molar-refractivity contribution is 5.40. The molecule has 0 aliphatic heterocycles. The molecule has 1 aromatic rings. The predicted octanol–water partition coefficient (Wildman–Crippen LogP) is 3.47. The largest absolute Gasteiger partial charge is 0.496 e. The highest BCUT2D eigenvalue weighted by Gasteiger charge is 2.35. The van der Waals surface area contributed by atoms with E-state index in [4.69, 9.17) is 9.47 Å². The van der Waals surface area contributed by atoms with Gasteiger partial charge in [-0.05, 0) is 40.3 Å². The fourth-order valence-electron chi connectivity index (χ4n) is 2.59. The highest BCUT2D eigenvalue weighted by Crippen LogP contribution is 2.37. The molecule has 2 atom stereocenters. The van der Waals surface area contributed by atoms with Crippen molar-refractivity contribution in [3.63, 3.8) is 0 Å². The normalized spacial score (nSPS) is 15.9. The molecule has 2 unspecified atom stereocenters. The quantitative estimate of drug-likeness (QED) is 0.819. The summed E-state index contributed by atoms with van der Waals surface area (Å²) >= 11 is 0. The van der Waals surface area contributed by atoms with Crippen molar-refractivity contribution in [1.29, 1.82) is 0 Å². The van der Waals surface area contributed by atoms with Gasteiger partial charge in [-0.3, -0.25) is 0 Å². The molecule has 0 spiro atoms. The summed E-state index contributed by atoms with van der Waals surface area (Å²) in [6.07, 6.45) is 0.934. The van der Waals surface area contributed by atoms with Crippen LogP contribution in [0, 0.1) is 6.92 Å². The van der Waals surface area contributed by atoms with Gasteiger partial charge in [0.25, 0.3) is 0 Å². The van der Waals surface area contributed by atoms with Crippen molar-refractivity contribution in [1.82, 2.24) is 5.32 Å². The smallest absolute Gasteiger partial charge is 0.123 e. The van der Waals surface area contributed by atoms with Crippen LogP contribution in [0.1, 0.15) is 44.4 Å². The van der Waals surface area contributed by atoms with E-state index in [1.807, 2.05) is 20.0 Å². The second kappa shape index (κ2) is 6.92. The summed E-state index contributed by atoms with van der Waals surface area (Å²) in [4.78, 5) is 0. The molecule has 1 rings (SSSR count). The molecule has 0 aromatic heterocycles. The minimum absolute atomic E-state index is 0.104. The molecule has 1 aromatic carbocycles. The highest BCUT2D eigenvalue weighted by atomic mass is 16.5. The van der Waals surface area contributed by atoms with E-state index in [1.54, 1.807) is 7.11 Å². The predicted molar refractivity (Wildman–Crippen MR) is 79.9 cm³/mol. The summed E-state index contributed by atoms with van der Waals surface area (Å²) in [6, 6.07) is 6.37. The van der Waals surface area contributed by atoms with Crippen LogP contribution in [-0.4, -0.2) is 26.4 Å². The van der Waals surface area contributed by atoms with Crippen LogP contribution < -0.4 is 10.1 Å². The van der Waals surface area contributed by atoms with Gasteiger partial charge in [0.15, 0.2) is 0 Å². The molecule has 0 amide bonds. The number of rotatable bonds is 7. The van der Waals surface area contributed by atoms with E-state index in [9.17, 15) is 0 Å². The zero-order chi connectivity index (χ0) is 14.5. The number of methoxy groups -OCH3 is 1. The molecule has 0 saturated heterocycles. The van der Waals surface area contributed by atoms with E-state index >= 15 is 0 Å². The van der Waals surface area contributed by atoms with Gasteiger partial charge in [0.1, 0.15) is 5.75 Å². The summed E-state index contributed by atoms with van der Waals surface area (Å²) in [7, 11) is 3.68. The number of aryl methyl sites for hydroxylation is 1. The van der Waals surface area contributed by atoms with Crippen molar-refractivity contribution in [2.24, 2.45) is 0 Å². The molecule has 0 aliphatic carbocycles. The third-order valence-electron chi connectivity index (χ3n) is 3.77. The molecule has 19 heavy (non-hydrogen) atoms. The van der Waals surface area contributed by atoms with E-state index in [0.29, 0.717) is 6.61 Å².